The van der Waals surface area contributed by atoms with Crippen LogP contribution in [0.4, 0.5) is 0 Å². The largest absolute Gasteiger partial charge is 0.481 e. The number of hydrogen-bond acceptors (Lipinski definition) is 7. The fourth-order valence-corrected chi connectivity index (χ4v) is 3.06. The van der Waals surface area contributed by atoms with Crippen LogP contribution in [0.15, 0.2) is 0 Å². The van der Waals surface area contributed by atoms with Gasteiger partial charge in [0.25, 0.3) is 0 Å². The van der Waals surface area contributed by atoms with Gasteiger partial charge in [0, 0.05) is 6.42 Å². The first-order valence-corrected chi connectivity index (χ1v) is 9.39. The van der Waals surface area contributed by atoms with Gasteiger partial charge in [-0.3, -0.25) is 9.59 Å². The van der Waals surface area contributed by atoms with Crippen LogP contribution in [0.3, 0.4) is 0 Å². The Morgan fingerprint density at radius 2 is 1.21 bits per heavy atom. The SMILES string of the molecule is O=C(O)CCCCCCCCCCCC(C(=O)OO)C(O)(CC(=O)O)C(=O)O. The Labute approximate surface area is 163 Å². The molecule has 0 aliphatic carbocycles. The number of carbonyl (C=O) groups excluding carboxylic acids is 1. The molecule has 10 heteroatoms. The van der Waals surface area contributed by atoms with Crippen LogP contribution < -0.4 is 0 Å². The first-order valence-electron chi connectivity index (χ1n) is 9.39. The van der Waals surface area contributed by atoms with Crippen molar-refractivity contribution in [2.45, 2.75) is 82.7 Å². The molecule has 10 nitrogen and oxygen atoms in total. The van der Waals surface area contributed by atoms with Crippen molar-refractivity contribution in [1.29, 1.82) is 0 Å². The third kappa shape index (κ3) is 10.2. The average Bonchev–Trinajstić information content (AvgIpc) is 2.60. The number of rotatable bonds is 17. The van der Waals surface area contributed by atoms with Gasteiger partial charge < -0.3 is 25.3 Å². The predicted octanol–water partition coefficient (Wildman–Crippen LogP) is 2.28. The second-order valence-electron chi connectivity index (χ2n) is 6.88. The van der Waals surface area contributed by atoms with Gasteiger partial charge in [0.15, 0.2) is 5.60 Å². The predicted molar refractivity (Wildman–Crippen MR) is 95.5 cm³/mol. The molecule has 0 aromatic heterocycles. The molecule has 0 aromatic carbocycles. The van der Waals surface area contributed by atoms with E-state index >= 15 is 0 Å². The van der Waals surface area contributed by atoms with E-state index in [2.05, 4.69) is 4.89 Å². The maximum atomic E-state index is 11.7. The summed E-state index contributed by atoms with van der Waals surface area (Å²) in [6.07, 6.45) is 6.01. The molecule has 0 bridgehead atoms. The molecule has 0 aliphatic heterocycles. The number of carboxylic acid groups (broad SMARTS) is 3. The summed E-state index contributed by atoms with van der Waals surface area (Å²) in [5.74, 6) is -7.33. The molecule has 0 spiro atoms. The average molecular weight is 406 g/mol. The molecular weight excluding hydrogens is 376 g/mol. The van der Waals surface area contributed by atoms with Crippen LogP contribution in [0.25, 0.3) is 0 Å². The Morgan fingerprint density at radius 3 is 1.61 bits per heavy atom. The van der Waals surface area contributed by atoms with Crippen molar-refractivity contribution < 1.29 is 49.7 Å². The minimum Gasteiger partial charge on any atom is -0.481 e. The van der Waals surface area contributed by atoms with E-state index in [0.717, 1.165) is 38.5 Å². The lowest BCUT2D eigenvalue weighted by atomic mass is 9.81. The van der Waals surface area contributed by atoms with E-state index in [1.165, 1.54) is 0 Å². The summed E-state index contributed by atoms with van der Waals surface area (Å²) in [6, 6.07) is 0. The highest BCUT2D eigenvalue weighted by Gasteiger charge is 2.50. The van der Waals surface area contributed by atoms with Crippen molar-refractivity contribution in [3.8, 4) is 0 Å². The van der Waals surface area contributed by atoms with Gasteiger partial charge in [-0.2, -0.15) is 5.26 Å². The Bertz CT molecular complexity index is 518. The van der Waals surface area contributed by atoms with Crippen LogP contribution in [0.2, 0.25) is 0 Å². The summed E-state index contributed by atoms with van der Waals surface area (Å²) in [6.45, 7) is 0. The van der Waals surface area contributed by atoms with Crippen LogP contribution in [0, 0.1) is 5.92 Å². The van der Waals surface area contributed by atoms with Crippen LogP contribution in [-0.4, -0.2) is 55.2 Å². The van der Waals surface area contributed by atoms with E-state index in [4.69, 9.17) is 20.6 Å². The van der Waals surface area contributed by atoms with Crippen molar-refractivity contribution in [2.75, 3.05) is 0 Å². The van der Waals surface area contributed by atoms with Crippen molar-refractivity contribution in [2.24, 2.45) is 5.92 Å². The summed E-state index contributed by atoms with van der Waals surface area (Å²) >= 11 is 0. The van der Waals surface area contributed by atoms with Crippen molar-refractivity contribution in [1.82, 2.24) is 0 Å². The molecule has 0 radical (unpaired) electrons. The number of unbranched alkanes of at least 4 members (excludes halogenated alkanes) is 8. The molecular formula is C18H30O10. The summed E-state index contributed by atoms with van der Waals surface area (Å²) in [7, 11) is 0. The molecule has 2 atom stereocenters. The van der Waals surface area contributed by atoms with Crippen molar-refractivity contribution in [3.63, 3.8) is 0 Å². The quantitative estimate of drug-likeness (QED) is 0.137. The summed E-state index contributed by atoms with van der Waals surface area (Å²) in [5.41, 5.74) is -2.86. The second-order valence-corrected chi connectivity index (χ2v) is 6.88. The lowest BCUT2D eigenvalue weighted by Crippen LogP contribution is -2.51. The standard InChI is InChI=1S/C18H30O10/c19-14(20)11-9-7-5-3-1-2-4-6-8-10-13(16(23)28-27)18(26,17(24)25)12-15(21)22/h13,26-27H,1-12H2,(H,19,20)(H,21,22)(H,24,25). The summed E-state index contributed by atoms with van der Waals surface area (Å²) < 4.78 is 0. The van der Waals surface area contributed by atoms with E-state index in [0.29, 0.717) is 19.3 Å². The molecule has 0 saturated heterocycles. The summed E-state index contributed by atoms with van der Waals surface area (Å²) in [4.78, 5) is 47.7. The zero-order valence-electron chi connectivity index (χ0n) is 15.8. The number of carbonyl (C=O) groups is 4. The molecule has 28 heavy (non-hydrogen) atoms. The first kappa shape index (κ1) is 25.8. The topological polar surface area (TPSA) is 179 Å². The minimum atomic E-state index is -2.86. The van der Waals surface area contributed by atoms with Crippen LogP contribution >= 0.6 is 0 Å². The Morgan fingerprint density at radius 1 is 0.750 bits per heavy atom. The normalized spacial score (nSPS) is 14.1. The van der Waals surface area contributed by atoms with Crippen LogP contribution in [-0.2, 0) is 24.1 Å². The molecule has 0 heterocycles. The number of hydrogen-bond donors (Lipinski definition) is 5. The summed E-state index contributed by atoms with van der Waals surface area (Å²) in [5, 5.41) is 45.2. The van der Waals surface area contributed by atoms with E-state index in [9.17, 15) is 24.3 Å². The molecule has 0 aromatic rings. The fourth-order valence-electron chi connectivity index (χ4n) is 3.06. The third-order valence-corrected chi connectivity index (χ3v) is 4.63. The molecule has 0 amide bonds. The van der Waals surface area contributed by atoms with Gasteiger partial charge in [0.05, 0.1) is 6.42 Å². The maximum Gasteiger partial charge on any atom is 0.348 e. The maximum absolute atomic E-state index is 11.7. The van der Waals surface area contributed by atoms with Crippen LogP contribution in [0.1, 0.15) is 77.0 Å². The highest BCUT2D eigenvalue weighted by molar-refractivity contribution is 5.90. The fraction of sp³-hybridized carbons (Fsp3) is 0.778. The molecule has 0 saturated carbocycles. The molecule has 0 rings (SSSR count). The van der Waals surface area contributed by atoms with Gasteiger partial charge in [0.1, 0.15) is 5.92 Å². The monoisotopic (exact) mass is 406 g/mol. The molecule has 0 aliphatic rings. The van der Waals surface area contributed by atoms with Gasteiger partial charge in [-0.05, 0) is 12.8 Å². The van der Waals surface area contributed by atoms with Crippen molar-refractivity contribution >= 4 is 23.9 Å². The molecule has 0 fully saturated rings. The van der Waals surface area contributed by atoms with E-state index in [-0.39, 0.29) is 12.8 Å². The van der Waals surface area contributed by atoms with Gasteiger partial charge in [-0.25, -0.2) is 9.59 Å². The van der Waals surface area contributed by atoms with E-state index in [1.807, 2.05) is 0 Å². The van der Waals surface area contributed by atoms with Gasteiger partial charge in [0.2, 0.25) is 0 Å². The highest BCUT2D eigenvalue weighted by Crippen LogP contribution is 2.29. The van der Waals surface area contributed by atoms with Crippen LogP contribution in [0.5, 0.6) is 0 Å². The Kier molecular flexibility index (Phi) is 12.8. The third-order valence-electron chi connectivity index (χ3n) is 4.63. The number of aliphatic hydroxyl groups is 1. The van der Waals surface area contributed by atoms with Gasteiger partial charge in [-0.15, -0.1) is 0 Å². The zero-order chi connectivity index (χ0) is 21.6. The molecule has 162 valence electrons. The Hall–Kier alpha value is -2.20. The number of aliphatic carboxylic acids is 3. The zero-order valence-corrected chi connectivity index (χ0v) is 15.8. The first-order chi connectivity index (χ1) is 13.1. The van der Waals surface area contributed by atoms with Gasteiger partial charge in [-0.1, -0.05) is 51.4 Å². The van der Waals surface area contributed by atoms with E-state index < -0.39 is 41.8 Å². The number of carboxylic acids is 3. The van der Waals surface area contributed by atoms with Crippen molar-refractivity contribution in [3.05, 3.63) is 0 Å². The smallest absolute Gasteiger partial charge is 0.348 e. The molecule has 5 N–H and O–H groups in total. The lowest BCUT2D eigenvalue weighted by molar-refractivity contribution is -0.246. The molecule has 2 unspecified atom stereocenters. The highest BCUT2D eigenvalue weighted by atomic mass is 17.1. The second kappa shape index (κ2) is 13.9. The van der Waals surface area contributed by atoms with E-state index in [1.54, 1.807) is 0 Å². The minimum absolute atomic E-state index is 0.134. The Balaban J connectivity index is 4.24. The van der Waals surface area contributed by atoms with Gasteiger partial charge >= 0.3 is 23.9 Å². The lowest BCUT2D eigenvalue weighted by Gasteiger charge is -2.28.